The number of carbonyl (C=O) groups excluding carboxylic acids is 3. The van der Waals surface area contributed by atoms with Gasteiger partial charge in [0, 0.05) is 22.6 Å². The van der Waals surface area contributed by atoms with Crippen LogP contribution in [0.5, 0.6) is 0 Å². The number of para-hydroxylation sites is 2. The lowest BCUT2D eigenvalue weighted by molar-refractivity contribution is -0.134. The third kappa shape index (κ3) is 4.77. The highest BCUT2D eigenvalue weighted by molar-refractivity contribution is 7.10. The fourth-order valence-electron chi connectivity index (χ4n) is 3.38. The first-order valence-corrected chi connectivity index (χ1v) is 11.4. The van der Waals surface area contributed by atoms with Gasteiger partial charge in [0.25, 0.3) is 0 Å². The smallest absolute Gasteiger partial charge is 0.244 e. The van der Waals surface area contributed by atoms with Crippen LogP contribution < -0.4 is 10.2 Å². The van der Waals surface area contributed by atoms with Gasteiger partial charge >= 0.3 is 0 Å². The van der Waals surface area contributed by atoms with Crippen molar-refractivity contribution in [1.82, 2.24) is 4.90 Å². The molecule has 1 aliphatic heterocycles. The summed E-state index contributed by atoms with van der Waals surface area (Å²) in [6.45, 7) is 1.02. The summed E-state index contributed by atoms with van der Waals surface area (Å²) in [7, 11) is 0. The van der Waals surface area contributed by atoms with Crippen LogP contribution in [0.25, 0.3) is 0 Å². The summed E-state index contributed by atoms with van der Waals surface area (Å²) in [5, 5.41) is 6.75. The predicted octanol–water partition coefficient (Wildman–Crippen LogP) is 4.10. The van der Waals surface area contributed by atoms with Crippen LogP contribution in [0.4, 0.5) is 11.4 Å². The monoisotopic (exact) mass is 439 g/mol. The van der Waals surface area contributed by atoms with E-state index >= 15 is 0 Å². The minimum atomic E-state index is -0.231. The molecule has 0 unspecified atom stereocenters. The lowest BCUT2D eigenvalue weighted by atomic mass is 10.1. The second-order valence-electron chi connectivity index (χ2n) is 6.95. The zero-order chi connectivity index (χ0) is 20.9. The van der Waals surface area contributed by atoms with E-state index < -0.39 is 0 Å². The molecule has 8 heteroatoms. The Hall–Kier alpha value is -2.97. The number of carbonyl (C=O) groups is 3. The molecule has 2 aromatic heterocycles. The van der Waals surface area contributed by atoms with Gasteiger partial charge in [-0.3, -0.25) is 14.4 Å². The minimum absolute atomic E-state index is 0.0296. The Labute approximate surface area is 182 Å². The standard InChI is InChI=1S/C22H21N3O3S2/c26-20-15-25(19-8-2-1-7-18(19)23-20)22(28)10-9-21(27)24(13-16-5-3-11-29-16)14-17-6-4-12-30-17/h1-8,11-12H,9-10,13-15H2,(H,23,26). The van der Waals surface area contributed by atoms with Gasteiger partial charge in [-0.1, -0.05) is 24.3 Å². The Morgan fingerprint density at radius 3 is 2.23 bits per heavy atom. The van der Waals surface area contributed by atoms with Crippen molar-refractivity contribution in [2.75, 3.05) is 16.8 Å². The number of benzene rings is 1. The summed E-state index contributed by atoms with van der Waals surface area (Å²) in [6, 6.07) is 15.2. The fourth-order valence-corrected chi connectivity index (χ4v) is 4.82. The second kappa shape index (κ2) is 9.23. The van der Waals surface area contributed by atoms with E-state index in [1.807, 2.05) is 47.2 Å². The second-order valence-corrected chi connectivity index (χ2v) is 9.02. The molecule has 1 aromatic carbocycles. The summed E-state index contributed by atoms with van der Waals surface area (Å²) in [6.07, 6.45) is 0.168. The van der Waals surface area contributed by atoms with E-state index in [9.17, 15) is 14.4 Å². The van der Waals surface area contributed by atoms with Crippen LogP contribution in [0.1, 0.15) is 22.6 Å². The van der Waals surface area contributed by atoms with E-state index in [4.69, 9.17) is 0 Å². The van der Waals surface area contributed by atoms with E-state index in [1.54, 1.807) is 39.7 Å². The SMILES string of the molecule is O=C1CN(C(=O)CCC(=O)N(Cc2cccs2)Cc2cccs2)c2ccccc2N1. The number of thiophene rings is 2. The first-order chi connectivity index (χ1) is 14.6. The molecule has 1 N–H and O–H groups in total. The van der Waals surface area contributed by atoms with Crippen molar-refractivity contribution < 1.29 is 14.4 Å². The molecule has 3 heterocycles. The maximum Gasteiger partial charge on any atom is 0.244 e. The van der Waals surface area contributed by atoms with Gasteiger partial charge in [0.05, 0.1) is 24.5 Å². The third-order valence-electron chi connectivity index (χ3n) is 4.83. The van der Waals surface area contributed by atoms with Crippen LogP contribution in [0, 0.1) is 0 Å². The Morgan fingerprint density at radius 2 is 1.60 bits per heavy atom. The molecule has 6 nitrogen and oxygen atoms in total. The van der Waals surface area contributed by atoms with Gasteiger partial charge in [0.1, 0.15) is 6.54 Å². The molecule has 4 rings (SSSR count). The van der Waals surface area contributed by atoms with E-state index in [0.717, 1.165) is 9.75 Å². The van der Waals surface area contributed by atoms with Gasteiger partial charge in [-0.2, -0.15) is 0 Å². The molecule has 0 radical (unpaired) electrons. The highest BCUT2D eigenvalue weighted by atomic mass is 32.1. The molecular weight excluding hydrogens is 418 g/mol. The summed E-state index contributed by atoms with van der Waals surface area (Å²) in [5.74, 6) is -0.525. The van der Waals surface area contributed by atoms with Gasteiger partial charge in [-0.25, -0.2) is 0 Å². The summed E-state index contributed by atoms with van der Waals surface area (Å²) >= 11 is 3.22. The number of hydrogen-bond acceptors (Lipinski definition) is 5. The number of rotatable bonds is 7. The first kappa shape index (κ1) is 20.3. The van der Waals surface area contributed by atoms with Crippen molar-refractivity contribution in [2.45, 2.75) is 25.9 Å². The molecule has 0 fully saturated rings. The van der Waals surface area contributed by atoms with Gasteiger partial charge in [-0.15, -0.1) is 22.7 Å². The number of amides is 3. The van der Waals surface area contributed by atoms with Gasteiger partial charge in [0.15, 0.2) is 0 Å². The van der Waals surface area contributed by atoms with Crippen LogP contribution in [-0.2, 0) is 27.5 Å². The normalized spacial score (nSPS) is 12.9. The molecule has 0 bridgehead atoms. The molecule has 1 aliphatic rings. The first-order valence-electron chi connectivity index (χ1n) is 9.62. The predicted molar refractivity (Wildman–Crippen MR) is 120 cm³/mol. The average molecular weight is 440 g/mol. The van der Waals surface area contributed by atoms with Crippen molar-refractivity contribution in [3.8, 4) is 0 Å². The maximum absolute atomic E-state index is 13.0. The summed E-state index contributed by atoms with van der Waals surface area (Å²) in [5.41, 5.74) is 1.29. The van der Waals surface area contributed by atoms with Crippen molar-refractivity contribution in [2.24, 2.45) is 0 Å². The van der Waals surface area contributed by atoms with Crippen LogP contribution in [-0.4, -0.2) is 29.2 Å². The van der Waals surface area contributed by atoms with E-state index in [2.05, 4.69) is 5.32 Å². The topological polar surface area (TPSA) is 69.7 Å². The number of nitrogens with one attached hydrogen (secondary N) is 1. The fraction of sp³-hybridized carbons (Fsp3) is 0.227. The molecule has 0 aliphatic carbocycles. The van der Waals surface area contributed by atoms with Crippen LogP contribution in [0.3, 0.4) is 0 Å². The minimum Gasteiger partial charge on any atom is -0.332 e. The van der Waals surface area contributed by atoms with Gasteiger partial charge in [0.2, 0.25) is 17.7 Å². The van der Waals surface area contributed by atoms with Crippen molar-refractivity contribution in [1.29, 1.82) is 0 Å². The third-order valence-corrected chi connectivity index (χ3v) is 6.55. The molecule has 0 atom stereocenters. The molecule has 0 saturated heterocycles. The Bertz CT molecular complexity index is 996. The highest BCUT2D eigenvalue weighted by Crippen LogP contribution is 2.29. The quantitative estimate of drug-likeness (QED) is 0.602. The molecule has 3 aromatic rings. The molecular formula is C22H21N3O3S2. The molecule has 154 valence electrons. The molecule has 30 heavy (non-hydrogen) atoms. The number of anilines is 2. The zero-order valence-electron chi connectivity index (χ0n) is 16.2. The Balaban J connectivity index is 1.42. The van der Waals surface area contributed by atoms with E-state index in [0.29, 0.717) is 24.5 Å². The largest absolute Gasteiger partial charge is 0.332 e. The van der Waals surface area contributed by atoms with Gasteiger partial charge in [-0.05, 0) is 35.0 Å². The molecule has 3 amide bonds. The van der Waals surface area contributed by atoms with E-state index in [-0.39, 0.29) is 37.1 Å². The summed E-state index contributed by atoms with van der Waals surface area (Å²) in [4.78, 5) is 43.3. The molecule has 0 spiro atoms. The molecule has 0 saturated carbocycles. The van der Waals surface area contributed by atoms with Crippen LogP contribution in [0.15, 0.2) is 59.3 Å². The van der Waals surface area contributed by atoms with E-state index in [1.165, 1.54) is 4.90 Å². The van der Waals surface area contributed by atoms with Crippen LogP contribution in [0.2, 0.25) is 0 Å². The highest BCUT2D eigenvalue weighted by Gasteiger charge is 2.27. The number of nitrogens with zero attached hydrogens (tertiary/aromatic N) is 2. The van der Waals surface area contributed by atoms with Crippen LogP contribution >= 0.6 is 22.7 Å². The lowest BCUT2D eigenvalue weighted by Gasteiger charge is -2.29. The maximum atomic E-state index is 13.0. The lowest BCUT2D eigenvalue weighted by Crippen LogP contribution is -2.42. The number of fused-ring (bicyclic) bond motifs is 1. The Morgan fingerprint density at radius 1 is 0.933 bits per heavy atom. The summed E-state index contributed by atoms with van der Waals surface area (Å²) < 4.78 is 0. The number of hydrogen-bond donors (Lipinski definition) is 1. The van der Waals surface area contributed by atoms with Crippen molar-refractivity contribution in [3.05, 3.63) is 69.0 Å². The average Bonchev–Trinajstić information content (AvgIpc) is 3.45. The zero-order valence-corrected chi connectivity index (χ0v) is 17.9. The van der Waals surface area contributed by atoms with Crippen molar-refractivity contribution in [3.63, 3.8) is 0 Å². The Kier molecular flexibility index (Phi) is 6.25. The van der Waals surface area contributed by atoms with Gasteiger partial charge < -0.3 is 15.1 Å². The van der Waals surface area contributed by atoms with Crippen molar-refractivity contribution >= 4 is 51.8 Å².